The smallest absolute Gasteiger partial charge is 0.260 e. The van der Waals surface area contributed by atoms with Crippen molar-refractivity contribution >= 4 is 15.7 Å². The summed E-state index contributed by atoms with van der Waals surface area (Å²) < 4.78 is 27.8. The van der Waals surface area contributed by atoms with E-state index >= 15 is 0 Å². The lowest BCUT2D eigenvalue weighted by molar-refractivity contribution is -0.133. The Bertz CT molecular complexity index is 498. The summed E-state index contributed by atoms with van der Waals surface area (Å²) in [7, 11) is -2.95. The van der Waals surface area contributed by atoms with Gasteiger partial charge >= 0.3 is 0 Å². The van der Waals surface area contributed by atoms with E-state index in [1.807, 2.05) is 18.2 Å². The second kappa shape index (κ2) is 5.39. The van der Waals surface area contributed by atoms with Crippen molar-refractivity contribution in [3.8, 4) is 5.75 Å². The minimum absolute atomic E-state index is 0.0457. The van der Waals surface area contributed by atoms with Gasteiger partial charge in [0.15, 0.2) is 16.4 Å². The van der Waals surface area contributed by atoms with Crippen LogP contribution in [0, 0.1) is 0 Å². The molecule has 1 aliphatic rings. The first-order valence-electron chi connectivity index (χ1n) is 5.73. The Morgan fingerprint density at radius 3 is 2.39 bits per heavy atom. The van der Waals surface area contributed by atoms with Gasteiger partial charge in [-0.3, -0.25) is 4.79 Å². The zero-order chi connectivity index (χ0) is 13.0. The summed E-state index contributed by atoms with van der Waals surface area (Å²) in [5.41, 5.74) is 0. The van der Waals surface area contributed by atoms with E-state index in [0.717, 1.165) is 0 Å². The van der Waals surface area contributed by atoms with Crippen LogP contribution in [0.1, 0.15) is 0 Å². The summed E-state index contributed by atoms with van der Waals surface area (Å²) >= 11 is 0. The molecule has 1 saturated heterocycles. The van der Waals surface area contributed by atoms with E-state index in [0.29, 0.717) is 5.75 Å². The molecule has 1 fully saturated rings. The van der Waals surface area contributed by atoms with Crippen LogP contribution in [-0.4, -0.2) is 50.4 Å². The number of nitrogens with zero attached hydrogens (tertiary/aromatic N) is 1. The molecule has 1 aromatic rings. The molecule has 0 radical (unpaired) electrons. The molecular formula is C12H15NO4S. The number of carbonyl (C=O) groups excluding carboxylic acids is 1. The molecule has 0 unspecified atom stereocenters. The molecule has 2 rings (SSSR count). The fourth-order valence-corrected chi connectivity index (χ4v) is 2.92. The molecule has 18 heavy (non-hydrogen) atoms. The van der Waals surface area contributed by atoms with Crippen LogP contribution in [0.15, 0.2) is 30.3 Å². The minimum atomic E-state index is -2.95. The Balaban J connectivity index is 1.83. The lowest BCUT2D eigenvalue weighted by Crippen LogP contribution is -2.45. The van der Waals surface area contributed by atoms with E-state index in [4.69, 9.17) is 4.74 Å². The van der Waals surface area contributed by atoms with Gasteiger partial charge in [-0.25, -0.2) is 8.42 Å². The Morgan fingerprint density at radius 1 is 1.17 bits per heavy atom. The van der Waals surface area contributed by atoms with Gasteiger partial charge in [0, 0.05) is 13.1 Å². The zero-order valence-corrected chi connectivity index (χ0v) is 10.7. The first-order valence-corrected chi connectivity index (χ1v) is 7.55. The molecule has 0 atom stereocenters. The largest absolute Gasteiger partial charge is 0.484 e. The van der Waals surface area contributed by atoms with E-state index in [2.05, 4.69) is 0 Å². The molecule has 0 N–H and O–H groups in total. The van der Waals surface area contributed by atoms with Crippen LogP contribution in [0.4, 0.5) is 0 Å². The molecule has 0 bridgehead atoms. The van der Waals surface area contributed by atoms with Gasteiger partial charge in [-0.05, 0) is 12.1 Å². The van der Waals surface area contributed by atoms with E-state index in [9.17, 15) is 13.2 Å². The van der Waals surface area contributed by atoms with E-state index in [-0.39, 0.29) is 37.1 Å². The number of amides is 1. The second-order valence-electron chi connectivity index (χ2n) is 4.13. The van der Waals surface area contributed by atoms with Crippen molar-refractivity contribution in [3.63, 3.8) is 0 Å². The molecule has 98 valence electrons. The van der Waals surface area contributed by atoms with Gasteiger partial charge in [0.25, 0.3) is 5.91 Å². The molecular weight excluding hydrogens is 254 g/mol. The van der Waals surface area contributed by atoms with Crippen LogP contribution in [0.5, 0.6) is 5.75 Å². The SMILES string of the molecule is O=C(COc1ccccc1)N1CCS(=O)(=O)CC1. The van der Waals surface area contributed by atoms with Crippen LogP contribution in [-0.2, 0) is 14.6 Å². The molecule has 1 aromatic carbocycles. The molecule has 6 heteroatoms. The summed E-state index contributed by atoms with van der Waals surface area (Å²) in [5.74, 6) is 0.554. The number of hydrogen-bond donors (Lipinski definition) is 0. The quantitative estimate of drug-likeness (QED) is 0.793. The van der Waals surface area contributed by atoms with Gasteiger partial charge in [-0.2, -0.15) is 0 Å². The van der Waals surface area contributed by atoms with Gasteiger partial charge in [0.05, 0.1) is 11.5 Å². The number of hydrogen-bond acceptors (Lipinski definition) is 4. The van der Waals surface area contributed by atoms with Gasteiger partial charge in [0.1, 0.15) is 5.75 Å². The fraction of sp³-hybridized carbons (Fsp3) is 0.417. The highest BCUT2D eigenvalue weighted by Gasteiger charge is 2.24. The monoisotopic (exact) mass is 269 g/mol. The minimum Gasteiger partial charge on any atom is -0.484 e. The van der Waals surface area contributed by atoms with E-state index in [1.165, 1.54) is 4.90 Å². The lowest BCUT2D eigenvalue weighted by Gasteiger charge is -2.26. The maximum Gasteiger partial charge on any atom is 0.260 e. The summed E-state index contributed by atoms with van der Waals surface area (Å²) in [6, 6.07) is 9.06. The number of sulfone groups is 1. The van der Waals surface area contributed by atoms with Crippen molar-refractivity contribution in [2.75, 3.05) is 31.2 Å². The van der Waals surface area contributed by atoms with Gasteiger partial charge in [0.2, 0.25) is 0 Å². The fourth-order valence-electron chi connectivity index (χ4n) is 1.71. The lowest BCUT2D eigenvalue weighted by atomic mass is 10.3. The van der Waals surface area contributed by atoms with E-state index in [1.54, 1.807) is 12.1 Å². The molecule has 1 heterocycles. The van der Waals surface area contributed by atoms with Crippen LogP contribution in [0.2, 0.25) is 0 Å². The Hall–Kier alpha value is -1.56. The van der Waals surface area contributed by atoms with E-state index < -0.39 is 9.84 Å². The van der Waals surface area contributed by atoms with Crippen molar-refractivity contribution in [1.29, 1.82) is 0 Å². The number of benzene rings is 1. The Labute approximate surface area is 106 Å². The van der Waals surface area contributed by atoms with Gasteiger partial charge in [-0.1, -0.05) is 18.2 Å². The van der Waals surface area contributed by atoms with Crippen LogP contribution >= 0.6 is 0 Å². The topological polar surface area (TPSA) is 63.7 Å². The normalized spacial score (nSPS) is 18.3. The molecule has 0 spiro atoms. The highest BCUT2D eigenvalue weighted by molar-refractivity contribution is 7.91. The van der Waals surface area contributed by atoms with Crippen molar-refractivity contribution in [2.45, 2.75) is 0 Å². The average Bonchev–Trinajstić information content (AvgIpc) is 2.37. The third-order valence-electron chi connectivity index (χ3n) is 2.80. The molecule has 0 aliphatic carbocycles. The zero-order valence-electron chi connectivity index (χ0n) is 9.91. The number of rotatable bonds is 3. The predicted octanol–water partition coefficient (Wildman–Crippen LogP) is 0.322. The highest BCUT2D eigenvalue weighted by Crippen LogP contribution is 2.09. The molecule has 0 saturated carbocycles. The van der Waals surface area contributed by atoms with Crippen LogP contribution < -0.4 is 4.74 Å². The van der Waals surface area contributed by atoms with Crippen molar-refractivity contribution in [3.05, 3.63) is 30.3 Å². The highest BCUT2D eigenvalue weighted by atomic mass is 32.2. The molecule has 1 amide bonds. The molecule has 5 nitrogen and oxygen atoms in total. The average molecular weight is 269 g/mol. The Morgan fingerprint density at radius 2 is 1.78 bits per heavy atom. The number of para-hydroxylation sites is 1. The summed E-state index contributed by atoms with van der Waals surface area (Å²) in [6.07, 6.45) is 0. The third kappa shape index (κ3) is 3.46. The van der Waals surface area contributed by atoms with Crippen LogP contribution in [0.3, 0.4) is 0 Å². The van der Waals surface area contributed by atoms with Crippen molar-refractivity contribution in [1.82, 2.24) is 4.90 Å². The second-order valence-corrected chi connectivity index (χ2v) is 6.44. The first-order chi connectivity index (χ1) is 8.57. The Kier molecular flexibility index (Phi) is 3.86. The summed E-state index contributed by atoms with van der Waals surface area (Å²) in [5, 5.41) is 0. The summed E-state index contributed by atoms with van der Waals surface area (Å²) in [4.78, 5) is 13.3. The summed E-state index contributed by atoms with van der Waals surface area (Å²) in [6.45, 7) is 0.475. The number of carbonyl (C=O) groups is 1. The van der Waals surface area contributed by atoms with Gasteiger partial charge in [-0.15, -0.1) is 0 Å². The molecule has 1 aliphatic heterocycles. The molecule has 0 aromatic heterocycles. The van der Waals surface area contributed by atoms with Crippen molar-refractivity contribution < 1.29 is 17.9 Å². The van der Waals surface area contributed by atoms with Gasteiger partial charge < -0.3 is 9.64 Å². The van der Waals surface area contributed by atoms with Crippen molar-refractivity contribution in [2.24, 2.45) is 0 Å². The number of ether oxygens (including phenoxy) is 1. The first kappa shape index (κ1) is 12.9. The standard InChI is InChI=1S/C12H15NO4S/c14-12(10-17-11-4-2-1-3-5-11)13-6-8-18(15,16)9-7-13/h1-5H,6-10H2. The predicted molar refractivity (Wildman–Crippen MR) is 67.2 cm³/mol. The van der Waals surface area contributed by atoms with Crippen LogP contribution in [0.25, 0.3) is 0 Å². The maximum absolute atomic E-state index is 11.8. The maximum atomic E-state index is 11.8. The third-order valence-corrected chi connectivity index (χ3v) is 4.41.